The summed E-state index contributed by atoms with van der Waals surface area (Å²) in [6.07, 6.45) is -3.75. The maximum Gasteiger partial charge on any atom is 0.393 e. The highest BCUT2D eigenvalue weighted by Crippen LogP contribution is 2.33. The molecule has 1 aromatic rings. The summed E-state index contributed by atoms with van der Waals surface area (Å²) in [6, 6.07) is -0.454. The second-order valence-electron chi connectivity index (χ2n) is 4.84. The van der Waals surface area contributed by atoms with Crippen molar-refractivity contribution in [1.82, 2.24) is 15.2 Å². The van der Waals surface area contributed by atoms with Crippen molar-refractivity contribution in [2.24, 2.45) is 5.92 Å². The maximum atomic E-state index is 12.7. The minimum atomic E-state index is -4.23. The molecule has 0 saturated carbocycles. The number of nitrogens with zero attached hydrogens (tertiary/aromatic N) is 2. The predicted octanol–water partition coefficient (Wildman–Crippen LogP) is 2.94. The number of urea groups is 1. The standard InChI is InChI=1S/C12H16F3N3OS/c1-8-17-10(7-20-8)5-16-11(19)18-4-2-3-9(6-18)12(13,14)15/h7,9H,2-6H2,1H3,(H,16,19)/t9-/m1/s1. The molecule has 2 heterocycles. The highest BCUT2D eigenvalue weighted by atomic mass is 32.1. The molecule has 20 heavy (non-hydrogen) atoms. The molecular weight excluding hydrogens is 291 g/mol. The van der Waals surface area contributed by atoms with E-state index in [4.69, 9.17) is 0 Å². The Bertz CT molecular complexity index is 475. The van der Waals surface area contributed by atoms with Gasteiger partial charge in [-0.3, -0.25) is 0 Å². The summed E-state index contributed by atoms with van der Waals surface area (Å²) in [6.45, 7) is 2.21. The molecule has 1 fully saturated rings. The molecule has 0 aromatic carbocycles. The summed E-state index contributed by atoms with van der Waals surface area (Å²) in [5, 5.41) is 5.33. The Balaban J connectivity index is 1.86. The number of hydrogen-bond donors (Lipinski definition) is 1. The first-order chi connectivity index (χ1) is 9.36. The first-order valence-electron chi connectivity index (χ1n) is 6.37. The number of rotatable bonds is 2. The van der Waals surface area contributed by atoms with Crippen LogP contribution in [0.15, 0.2) is 5.38 Å². The summed E-state index contributed by atoms with van der Waals surface area (Å²) in [5.41, 5.74) is 0.727. The predicted molar refractivity (Wildman–Crippen MR) is 69.4 cm³/mol. The van der Waals surface area contributed by atoms with E-state index in [1.165, 1.54) is 16.2 Å². The van der Waals surface area contributed by atoms with Crippen molar-refractivity contribution < 1.29 is 18.0 Å². The molecule has 1 saturated heterocycles. The number of piperidine rings is 1. The van der Waals surface area contributed by atoms with Gasteiger partial charge >= 0.3 is 12.2 Å². The minimum Gasteiger partial charge on any atom is -0.332 e. The zero-order chi connectivity index (χ0) is 14.8. The molecule has 1 aliphatic rings. The summed E-state index contributed by atoms with van der Waals surface area (Å²) < 4.78 is 38.0. The Morgan fingerprint density at radius 3 is 2.95 bits per heavy atom. The average molecular weight is 307 g/mol. The van der Waals surface area contributed by atoms with Gasteiger partial charge in [0.2, 0.25) is 0 Å². The van der Waals surface area contributed by atoms with Gasteiger partial charge in [0.15, 0.2) is 0 Å². The summed E-state index contributed by atoms with van der Waals surface area (Å²) in [4.78, 5) is 17.3. The average Bonchev–Trinajstić information content (AvgIpc) is 2.81. The van der Waals surface area contributed by atoms with Gasteiger partial charge < -0.3 is 10.2 Å². The Morgan fingerprint density at radius 1 is 1.60 bits per heavy atom. The molecule has 1 atom stereocenters. The second-order valence-corrected chi connectivity index (χ2v) is 5.91. The van der Waals surface area contributed by atoms with Crippen LogP contribution in [0.3, 0.4) is 0 Å². The van der Waals surface area contributed by atoms with Gasteiger partial charge in [0.1, 0.15) is 0 Å². The Morgan fingerprint density at radius 2 is 2.35 bits per heavy atom. The monoisotopic (exact) mass is 307 g/mol. The molecule has 1 N–H and O–H groups in total. The molecule has 112 valence electrons. The van der Waals surface area contributed by atoms with Crippen LogP contribution in [0.2, 0.25) is 0 Å². The number of nitrogens with one attached hydrogen (secondary N) is 1. The molecule has 0 bridgehead atoms. The number of amides is 2. The number of alkyl halides is 3. The lowest BCUT2D eigenvalue weighted by atomic mass is 9.98. The number of aromatic nitrogens is 1. The number of halogens is 3. The number of thiazole rings is 1. The van der Waals surface area contributed by atoms with Gasteiger partial charge in [-0.2, -0.15) is 13.2 Å². The first-order valence-corrected chi connectivity index (χ1v) is 7.24. The van der Waals surface area contributed by atoms with E-state index in [9.17, 15) is 18.0 Å². The van der Waals surface area contributed by atoms with Gasteiger partial charge in [0.05, 0.1) is 23.2 Å². The maximum absolute atomic E-state index is 12.7. The van der Waals surface area contributed by atoms with Crippen LogP contribution in [0.4, 0.5) is 18.0 Å². The number of aryl methyl sites for hydroxylation is 1. The van der Waals surface area contributed by atoms with E-state index in [0.29, 0.717) is 13.0 Å². The summed E-state index contributed by atoms with van der Waals surface area (Å²) in [7, 11) is 0. The quantitative estimate of drug-likeness (QED) is 0.913. The van der Waals surface area contributed by atoms with Gasteiger partial charge in [-0.1, -0.05) is 0 Å². The van der Waals surface area contributed by atoms with Crippen molar-refractivity contribution in [3.8, 4) is 0 Å². The minimum absolute atomic E-state index is 0.0958. The largest absolute Gasteiger partial charge is 0.393 e. The lowest BCUT2D eigenvalue weighted by Crippen LogP contribution is -2.48. The molecule has 1 aromatic heterocycles. The van der Waals surface area contributed by atoms with Crippen LogP contribution in [0, 0.1) is 12.8 Å². The molecular formula is C12H16F3N3OS. The van der Waals surface area contributed by atoms with Crippen LogP contribution in [0.1, 0.15) is 23.5 Å². The molecule has 0 aliphatic carbocycles. The molecule has 2 rings (SSSR count). The van der Waals surface area contributed by atoms with Crippen LogP contribution in [0.5, 0.6) is 0 Å². The van der Waals surface area contributed by atoms with E-state index < -0.39 is 18.1 Å². The second kappa shape index (κ2) is 5.99. The number of carbonyl (C=O) groups is 1. The molecule has 0 spiro atoms. The van der Waals surface area contributed by atoms with Crippen molar-refractivity contribution in [2.45, 2.75) is 32.5 Å². The normalized spacial score (nSPS) is 20.0. The lowest BCUT2D eigenvalue weighted by Gasteiger charge is -2.33. The van der Waals surface area contributed by atoms with Crippen molar-refractivity contribution in [1.29, 1.82) is 0 Å². The topological polar surface area (TPSA) is 45.2 Å². The Hall–Kier alpha value is -1.31. The van der Waals surface area contributed by atoms with Crippen molar-refractivity contribution in [3.63, 3.8) is 0 Å². The van der Waals surface area contributed by atoms with E-state index in [1.54, 1.807) is 0 Å². The van der Waals surface area contributed by atoms with E-state index in [0.717, 1.165) is 10.7 Å². The third kappa shape index (κ3) is 3.84. The van der Waals surface area contributed by atoms with Crippen LogP contribution < -0.4 is 5.32 Å². The fourth-order valence-corrected chi connectivity index (χ4v) is 2.81. The van der Waals surface area contributed by atoms with Gasteiger partial charge in [-0.25, -0.2) is 9.78 Å². The van der Waals surface area contributed by atoms with Gasteiger partial charge in [-0.15, -0.1) is 11.3 Å². The lowest BCUT2D eigenvalue weighted by molar-refractivity contribution is -0.184. The van der Waals surface area contributed by atoms with Crippen LogP contribution >= 0.6 is 11.3 Å². The highest BCUT2D eigenvalue weighted by Gasteiger charge is 2.42. The van der Waals surface area contributed by atoms with Gasteiger partial charge in [0, 0.05) is 18.5 Å². The highest BCUT2D eigenvalue weighted by molar-refractivity contribution is 7.09. The molecule has 0 radical (unpaired) electrons. The SMILES string of the molecule is Cc1nc(CNC(=O)N2CCC[C@@H](C(F)(F)F)C2)cs1. The third-order valence-electron chi connectivity index (χ3n) is 3.26. The van der Waals surface area contributed by atoms with Crippen LogP contribution in [0.25, 0.3) is 0 Å². The molecule has 8 heteroatoms. The zero-order valence-corrected chi connectivity index (χ0v) is 11.9. The van der Waals surface area contributed by atoms with Gasteiger partial charge in [0.25, 0.3) is 0 Å². The molecule has 0 unspecified atom stereocenters. The fraction of sp³-hybridized carbons (Fsp3) is 0.667. The van der Waals surface area contributed by atoms with Crippen LogP contribution in [-0.4, -0.2) is 35.2 Å². The van der Waals surface area contributed by atoms with E-state index >= 15 is 0 Å². The number of hydrogen-bond acceptors (Lipinski definition) is 3. The van der Waals surface area contributed by atoms with Gasteiger partial charge in [-0.05, 0) is 19.8 Å². The Labute approximate surface area is 119 Å². The molecule has 4 nitrogen and oxygen atoms in total. The van der Waals surface area contributed by atoms with Crippen LogP contribution in [-0.2, 0) is 6.54 Å². The van der Waals surface area contributed by atoms with E-state index in [1.807, 2.05) is 12.3 Å². The summed E-state index contributed by atoms with van der Waals surface area (Å²) >= 11 is 1.47. The third-order valence-corrected chi connectivity index (χ3v) is 4.08. The zero-order valence-electron chi connectivity index (χ0n) is 11.0. The van der Waals surface area contributed by atoms with Crippen molar-refractivity contribution in [2.75, 3.05) is 13.1 Å². The molecule has 1 aliphatic heterocycles. The van der Waals surface area contributed by atoms with Crippen molar-refractivity contribution in [3.05, 3.63) is 16.1 Å². The smallest absolute Gasteiger partial charge is 0.332 e. The summed E-state index contributed by atoms with van der Waals surface area (Å²) in [5.74, 6) is -1.41. The number of likely N-dealkylation sites (tertiary alicyclic amines) is 1. The van der Waals surface area contributed by atoms with E-state index in [-0.39, 0.29) is 19.5 Å². The molecule has 2 amide bonds. The Kier molecular flexibility index (Phi) is 4.52. The number of carbonyl (C=O) groups excluding carboxylic acids is 1. The van der Waals surface area contributed by atoms with E-state index in [2.05, 4.69) is 10.3 Å². The fourth-order valence-electron chi connectivity index (χ4n) is 2.20. The first kappa shape index (κ1) is 15.1. The van der Waals surface area contributed by atoms with Crippen molar-refractivity contribution >= 4 is 17.4 Å².